The average Bonchev–Trinajstić information content (AvgIpc) is 3.16. The number of nitro benzene ring substituents is 1. The molecule has 1 aromatic carbocycles. The zero-order valence-corrected chi connectivity index (χ0v) is 14.7. The van der Waals surface area contributed by atoms with Crippen LogP contribution in [0, 0.1) is 10.1 Å². The van der Waals surface area contributed by atoms with Gasteiger partial charge < -0.3 is 15.5 Å². The number of hydrogen-bond donors (Lipinski definition) is 2. The molecule has 1 aliphatic heterocycles. The second-order valence-corrected chi connectivity index (χ2v) is 6.16. The van der Waals surface area contributed by atoms with Gasteiger partial charge in [-0.1, -0.05) is 6.07 Å². The van der Waals surface area contributed by atoms with Crippen LogP contribution in [0.15, 0.2) is 42.6 Å². The molecule has 0 radical (unpaired) electrons. The fourth-order valence-electron chi connectivity index (χ4n) is 3.02. The lowest BCUT2D eigenvalue weighted by molar-refractivity contribution is -0.384. The highest BCUT2D eigenvalue weighted by atomic mass is 16.6. The second kappa shape index (κ2) is 7.81. The fraction of sp³-hybridized carbons (Fsp3) is 0.278. The number of carbonyl (C=O) groups is 2. The number of nitrogens with one attached hydrogen (secondary N) is 2. The minimum atomic E-state index is -0.527. The first-order chi connectivity index (χ1) is 13.0. The van der Waals surface area contributed by atoms with E-state index in [4.69, 9.17) is 0 Å². The number of nitrogens with zero attached hydrogens (tertiary/aromatic N) is 3. The van der Waals surface area contributed by atoms with Crippen LogP contribution < -0.4 is 10.6 Å². The fourth-order valence-corrected chi connectivity index (χ4v) is 3.02. The molecule has 1 aromatic heterocycles. The number of anilines is 1. The molecule has 2 aromatic rings. The van der Waals surface area contributed by atoms with E-state index in [1.54, 1.807) is 29.3 Å². The van der Waals surface area contributed by atoms with E-state index in [1.807, 2.05) is 0 Å². The van der Waals surface area contributed by atoms with Gasteiger partial charge in [-0.15, -0.1) is 0 Å². The van der Waals surface area contributed by atoms with Gasteiger partial charge in [0.05, 0.1) is 4.92 Å². The molecule has 0 spiro atoms. The van der Waals surface area contributed by atoms with E-state index < -0.39 is 10.8 Å². The molecule has 0 saturated carbocycles. The minimum absolute atomic E-state index is 0.123. The molecule has 1 aliphatic rings. The Morgan fingerprint density at radius 2 is 2.11 bits per heavy atom. The maximum absolute atomic E-state index is 12.5. The van der Waals surface area contributed by atoms with E-state index in [9.17, 15) is 19.7 Å². The Morgan fingerprint density at radius 1 is 1.30 bits per heavy atom. The van der Waals surface area contributed by atoms with Gasteiger partial charge in [0.2, 0.25) is 0 Å². The summed E-state index contributed by atoms with van der Waals surface area (Å²) in [6.45, 7) is 0.959. The van der Waals surface area contributed by atoms with E-state index in [0.29, 0.717) is 30.9 Å². The topological polar surface area (TPSA) is 117 Å². The third kappa shape index (κ3) is 4.02. The predicted molar refractivity (Wildman–Crippen MR) is 98.7 cm³/mol. The molecule has 1 fully saturated rings. The van der Waals surface area contributed by atoms with Crippen LogP contribution in [0.5, 0.6) is 0 Å². The van der Waals surface area contributed by atoms with Crippen molar-refractivity contribution in [3.05, 3.63) is 64.0 Å². The molecule has 27 heavy (non-hydrogen) atoms. The van der Waals surface area contributed by atoms with Gasteiger partial charge in [-0.3, -0.25) is 24.7 Å². The first kappa shape index (κ1) is 18.3. The van der Waals surface area contributed by atoms with Crippen molar-refractivity contribution in [2.45, 2.75) is 12.5 Å². The van der Waals surface area contributed by atoms with E-state index in [2.05, 4.69) is 15.6 Å². The SMILES string of the molecule is CNC(=O)c1ccc(NC2CCN(C(=O)c3ccccn3)C2)c([N+](=O)[O-])c1. The lowest BCUT2D eigenvalue weighted by Crippen LogP contribution is -2.32. The van der Waals surface area contributed by atoms with Gasteiger partial charge in [0.15, 0.2) is 0 Å². The molecule has 3 rings (SSSR count). The number of amides is 2. The van der Waals surface area contributed by atoms with Gasteiger partial charge in [-0.25, -0.2) is 0 Å². The molecule has 0 bridgehead atoms. The molecule has 140 valence electrons. The summed E-state index contributed by atoms with van der Waals surface area (Å²) in [5.74, 6) is -0.554. The first-order valence-corrected chi connectivity index (χ1v) is 8.47. The quantitative estimate of drug-likeness (QED) is 0.612. The molecule has 9 heteroatoms. The molecule has 1 saturated heterocycles. The van der Waals surface area contributed by atoms with Crippen molar-refractivity contribution in [2.24, 2.45) is 0 Å². The molecule has 1 unspecified atom stereocenters. The Kier molecular flexibility index (Phi) is 5.30. The Bertz CT molecular complexity index is 871. The van der Waals surface area contributed by atoms with Crippen molar-refractivity contribution in [3.63, 3.8) is 0 Å². The Hall–Kier alpha value is -3.49. The molecular formula is C18H19N5O4. The van der Waals surface area contributed by atoms with Crippen LogP contribution in [0.3, 0.4) is 0 Å². The molecular weight excluding hydrogens is 350 g/mol. The highest BCUT2D eigenvalue weighted by molar-refractivity contribution is 5.95. The maximum atomic E-state index is 12.5. The summed E-state index contributed by atoms with van der Waals surface area (Å²) in [6, 6.07) is 9.32. The highest BCUT2D eigenvalue weighted by Crippen LogP contribution is 2.28. The van der Waals surface area contributed by atoms with Crippen molar-refractivity contribution in [3.8, 4) is 0 Å². The molecule has 1 atom stereocenters. The number of rotatable bonds is 5. The monoisotopic (exact) mass is 369 g/mol. The van der Waals surface area contributed by atoms with Gasteiger partial charge in [0.1, 0.15) is 11.4 Å². The van der Waals surface area contributed by atoms with Crippen molar-refractivity contribution in [1.82, 2.24) is 15.2 Å². The standard InChI is InChI=1S/C18H19N5O4/c1-19-17(24)12-5-6-14(16(10-12)23(26)27)21-13-7-9-22(11-13)18(25)15-4-2-3-8-20-15/h2-6,8,10,13,21H,7,9,11H2,1H3,(H,19,24). The number of carbonyl (C=O) groups excluding carboxylic acids is 2. The summed E-state index contributed by atoms with van der Waals surface area (Å²) >= 11 is 0. The van der Waals surface area contributed by atoms with Crippen LogP contribution >= 0.6 is 0 Å². The highest BCUT2D eigenvalue weighted by Gasteiger charge is 2.29. The minimum Gasteiger partial charge on any atom is -0.375 e. The number of likely N-dealkylation sites (tertiary alicyclic amines) is 1. The van der Waals surface area contributed by atoms with Crippen molar-refractivity contribution in [1.29, 1.82) is 0 Å². The molecule has 0 aliphatic carbocycles. The number of hydrogen-bond acceptors (Lipinski definition) is 6. The third-order valence-corrected chi connectivity index (χ3v) is 4.40. The van der Waals surface area contributed by atoms with Gasteiger partial charge in [-0.05, 0) is 30.7 Å². The van der Waals surface area contributed by atoms with E-state index >= 15 is 0 Å². The average molecular weight is 369 g/mol. The van der Waals surface area contributed by atoms with Gasteiger partial charge in [0.25, 0.3) is 17.5 Å². The smallest absolute Gasteiger partial charge is 0.293 e. The number of nitro groups is 1. The molecule has 9 nitrogen and oxygen atoms in total. The van der Waals surface area contributed by atoms with Crippen LogP contribution in [0.2, 0.25) is 0 Å². The van der Waals surface area contributed by atoms with Crippen molar-refractivity contribution >= 4 is 23.2 Å². The van der Waals surface area contributed by atoms with Crippen LogP contribution in [-0.2, 0) is 0 Å². The van der Waals surface area contributed by atoms with Crippen LogP contribution in [-0.4, -0.2) is 52.8 Å². The molecule has 2 amide bonds. The number of aromatic nitrogens is 1. The normalized spacial score (nSPS) is 16.0. The number of benzene rings is 1. The van der Waals surface area contributed by atoms with Gasteiger partial charge >= 0.3 is 0 Å². The first-order valence-electron chi connectivity index (χ1n) is 8.47. The lowest BCUT2D eigenvalue weighted by atomic mass is 10.1. The summed E-state index contributed by atoms with van der Waals surface area (Å²) in [5.41, 5.74) is 0.739. The zero-order valence-electron chi connectivity index (χ0n) is 14.7. The van der Waals surface area contributed by atoms with E-state index in [-0.39, 0.29) is 23.2 Å². The summed E-state index contributed by atoms with van der Waals surface area (Å²) in [6.07, 6.45) is 2.23. The van der Waals surface area contributed by atoms with Crippen molar-refractivity contribution < 1.29 is 14.5 Å². The van der Waals surface area contributed by atoms with Gasteiger partial charge in [0, 0.05) is 44.0 Å². The Labute approximate surface area is 155 Å². The second-order valence-electron chi connectivity index (χ2n) is 6.16. The van der Waals surface area contributed by atoms with Crippen molar-refractivity contribution in [2.75, 3.05) is 25.5 Å². The zero-order chi connectivity index (χ0) is 19.4. The molecule has 2 heterocycles. The van der Waals surface area contributed by atoms with E-state index in [1.165, 1.54) is 25.2 Å². The molecule has 2 N–H and O–H groups in total. The predicted octanol–water partition coefficient (Wildman–Crippen LogP) is 1.68. The van der Waals surface area contributed by atoms with Crippen LogP contribution in [0.25, 0.3) is 0 Å². The largest absolute Gasteiger partial charge is 0.375 e. The van der Waals surface area contributed by atoms with Crippen LogP contribution in [0.1, 0.15) is 27.3 Å². The summed E-state index contributed by atoms with van der Waals surface area (Å²) < 4.78 is 0. The number of pyridine rings is 1. The lowest BCUT2D eigenvalue weighted by Gasteiger charge is -2.17. The Balaban J connectivity index is 1.72. The Morgan fingerprint density at radius 3 is 2.78 bits per heavy atom. The third-order valence-electron chi connectivity index (χ3n) is 4.40. The summed E-state index contributed by atoms with van der Waals surface area (Å²) in [5, 5.41) is 16.9. The maximum Gasteiger partial charge on any atom is 0.293 e. The van der Waals surface area contributed by atoms with E-state index in [0.717, 1.165) is 0 Å². The summed E-state index contributed by atoms with van der Waals surface area (Å²) in [7, 11) is 1.46. The summed E-state index contributed by atoms with van der Waals surface area (Å²) in [4.78, 5) is 40.7. The van der Waals surface area contributed by atoms with Crippen LogP contribution in [0.4, 0.5) is 11.4 Å². The van der Waals surface area contributed by atoms with Gasteiger partial charge in [-0.2, -0.15) is 0 Å².